The molecule has 1 saturated carbocycles. The molecule has 3 aliphatic rings. The summed E-state index contributed by atoms with van der Waals surface area (Å²) in [4.78, 5) is 12.6. The van der Waals surface area contributed by atoms with E-state index in [2.05, 4.69) is 0 Å². The summed E-state index contributed by atoms with van der Waals surface area (Å²) in [6, 6.07) is 0. The lowest BCUT2D eigenvalue weighted by molar-refractivity contribution is -0.187. The van der Waals surface area contributed by atoms with Gasteiger partial charge in [0, 0.05) is 5.54 Å². The Morgan fingerprint density at radius 2 is 1.75 bits per heavy atom. The highest BCUT2D eigenvalue weighted by Gasteiger charge is 2.49. The van der Waals surface area contributed by atoms with E-state index in [1.54, 1.807) is 0 Å². The third-order valence-corrected chi connectivity index (χ3v) is 5.47. The zero-order chi connectivity index (χ0) is 15.1. The number of carbonyl (C=O) groups excluding carboxylic acids is 1. The minimum Gasteiger partial charge on any atom is -0.465 e. The van der Waals surface area contributed by atoms with Gasteiger partial charge in [-0.3, -0.25) is 4.79 Å². The zero-order valence-corrected chi connectivity index (χ0v) is 13.4. The van der Waals surface area contributed by atoms with Crippen molar-refractivity contribution in [2.45, 2.75) is 71.6 Å². The van der Waals surface area contributed by atoms with Crippen molar-refractivity contribution in [2.24, 2.45) is 23.0 Å². The molecule has 20 heavy (non-hydrogen) atoms. The van der Waals surface area contributed by atoms with Crippen molar-refractivity contribution in [2.75, 3.05) is 6.61 Å². The molecule has 2 N–H and O–H groups in total. The summed E-state index contributed by atoms with van der Waals surface area (Å²) in [5.41, 5.74) is 4.97. The molecule has 2 bridgehead atoms. The van der Waals surface area contributed by atoms with Crippen molar-refractivity contribution >= 4 is 5.97 Å². The number of fused-ring (bicyclic) bond motifs is 2. The van der Waals surface area contributed by atoms with Gasteiger partial charge < -0.3 is 15.2 Å². The Kier molecular flexibility index (Phi) is 4.18. The van der Waals surface area contributed by atoms with Crippen LogP contribution in [0.2, 0.25) is 0 Å². The number of nitrogens with two attached hydrogens (primary N) is 1. The summed E-state index contributed by atoms with van der Waals surface area (Å²) >= 11 is 0. The Morgan fingerprint density at radius 3 is 2.15 bits per heavy atom. The van der Waals surface area contributed by atoms with E-state index in [9.17, 15) is 4.79 Å². The van der Waals surface area contributed by atoms with E-state index < -0.39 is 11.0 Å². The second kappa shape index (κ2) is 5.30. The van der Waals surface area contributed by atoms with Gasteiger partial charge in [0.25, 0.3) is 0 Å². The lowest BCUT2D eigenvalue weighted by Crippen LogP contribution is -2.57. The Labute approximate surface area is 122 Å². The molecule has 2 heterocycles. The average molecular weight is 283 g/mol. The first-order chi connectivity index (χ1) is 9.14. The van der Waals surface area contributed by atoms with E-state index in [-0.39, 0.29) is 11.9 Å². The van der Waals surface area contributed by atoms with Gasteiger partial charge in [0.2, 0.25) is 0 Å². The standard InChI is InChI=1S/C16H29NO3/c1-10(2)16(5,15(3,4)17)14(18)19-9-11-6-12-8-13(7-11)20-12/h10-13H,6-9,17H2,1-5H3. The van der Waals surface area contributed by atoms with Gasteiger partial charge in [-0.2, -0.15) is 0 Å². The minimum atomic E-state index is -0.666. The van der Waals surface area contributed by atoms with Gasteiger partial charge in [-0.1, -0.05) is 13.8 Å². The fraction of sp³-hybridized carbons (Fsp3) is 0.938. The highest BCUT2D eigenvalue weighted by molar-refractivity contribution is 5.78. The Balaban J connectivity index is 1.92. The number of hydrogen-bond acceptors (Lipinski definition) is 4. The first-order valence-corrected chi connectivity index (χ1v) is 7.76. The molecule has 0 spiro atoms. The van der Waals surface area contributed by atoms with Gasteiger partial charge in [0.05, 0.1) is 24.2 Å². The fourth-order valence-electron chi connectivity index (χ4n) is 3.42. The summed E-state index contributed by atoms with van der Waals surface area (Å²) < 4.78 is 11.2. The first kappa shape index (κ1) is 15.8. The van der Waals surface area contributed by atoms with E-state index in [0.717, 1.165) is 12.8 Å². The van der Waals surface area contributed by atoms with Gasteiger partial charge in [0.1, 0.15) is 0 Å². The number of carbonyl (C=O) groups is 1. The van der Waals surface area contributed by atoms with Crippen LogP contribution in [-0.4, -0.2) is 30.3 Å². The summed E-state index contributed by atoms with van der Waals surface area (Å²) in [5.74, 6) is 0.423. The van der Waals surface area contributed by atoms with Crippen LogP contribution in [0, 0.1) is 17.3 Å². The van der Waals surface area contributed by atoms with Crippen LogP contribution in [-0.2, 0) is 14.3 Å². The van der Waals surface area contributed by atoms with Crippen LogP contribution in [0.4, 0.5) is 0 Å². The van der Waals surface area contributed by atoms with Crippen molar-refractivity contribution in [1.82, 2.24) is 0 Å². The van der Waals surface area contributed by atoms with Gasteiger partial charge in [-0.15, -0.1) is 0 Å². The molecule has 116 valence electrons. The molecule has 2 saturated heterocycles. The van der Waals surface area contributed by atoms with Crippen LogP contribution in [0.1, 0.15) is 53.9 Å². The second-order valence-electron chi connectivity index (χ2n) is 7.63. The Bertz CT molecular complexity index is 358. The van der Waals surface area contributed by atoms with Crippen LogP contribution in [0.5, 0.6) is 0 Å². The molecule has 0 amide bonds. The third-order valence-electron chi connectivity index (χ3n) is 5.47. The SMILES string of the molecule is CC(C)C(C)(C(=O)OCC1CC2CC(C1)O2)C(C)(C)N. The number of hydrogen-bond donors (Lipinski definition) is 1. The molecule has 0 aromatic rings. The normalized spacial score (nSPS) is 32.5. The predicted octanol–water partition coefficient (Wildman–Crippen LogP) is 2.50. The summed E-state index contributed by atoms with van der Waals surface area (Å²) in [6.07, 6.45) is 4.03. The quantitative estimate of drug-likeness (QED) is 0.787. The van der Waals surface area contributed by atoms with Crippen LogP contribution in [0.25, 0.3) is 0 Å². The molecule has 0 radical (unpaired) electrons. The molecule has 3 fully saturated rings. The van der Waals surface area contributed by atoms with Crippen molar-refractivity contribution in [3.05, 3.63) is 0 Å². The summed E-state index contributed by atoms with van der Waals surface area (Å²) in [7, 11) is 0. The van der Waals surface area contributed by atoms with Gasteiger partial charge in [-0.25, -0.2) is 0 Å². The van der Waals surface area contributed by atoms with Gasteiger partial charge in [-0.05, 0) is 51.9 Å². The molecule has 3 atom stereocenters. The molecule has 2 aliphatic heterocycles. The highest BCUT2D eigenvalue weighted by Crippen LogP contribution is 2.40. The molecular formula is C16H29NO3. The van der Waals surface area contributed by atoms with E-state index >= 15 is 0 Å². The largest absolute Gasteiger partial charge is 0.465 e. The van der Waals surface area contributed by atoms with Gasteiger partial charge >= 0.3 is 5.97 Å². The topological polar surface area (TPSA) is 61.5 Å². The number of rotatable bonds is 5. The summed E-state index contributed by atoms with van der Waals surface area (Å²) in [6.45, 7) is 10.3. The monoisotopic (exact) mass is 283 g/mol. The molecule has 0 aromatic heterocycles. The van der Waals surface area contributed by atoms with E-state index in [4.69, 9.17) is 15.2 Å². The van der Waals surface area contributed by atoms with E-state index in [0.29, 0.717) is 24.7 Å². The Morgan fingerprint density at radius 1 is 1.25 bits per heavy atom. The minimum absolute atomic E-state index is 0.137. The maximum absolute atomic E-state index is 12.6. The third kappa shape index (κ3) is 2.73. The van der Waals surface area contributed by atoms with E-state index in [1.807, 2.05) is 34.6 Å². The molecule has 4 heteroatoms. The summed E-state index contributed by atoms with van der Waals surface area (Å²) in [5, 5.41) is 0. The van der Waals surface area contributed by atoms with E-state index in [1.165, 1.54) is 6.42 Å². The Hall–Kier alpha value is -0.610. The van der Waals surface area contributed by atoms with Crippen LogP contribution < -0.4 is 5.73 Å². The zero-order valence-electron chi connectivity index (χ0n) is 13.4. The lowest BCUT2D eigenvalue weighted by atomic mass is 9.66. The molecular weight excluding hydrogens is 254 g/mol. The smallest absolute Gasteiger partial charge is 0.313 e. The number of ether oxygens (including phenoxy) is 2. The molecule has 3 unspecified atom stereocenters. The van der Waals surface area contributed by atoms with Crippen LogP contribution >= 0.6 is 0 Å². The van der Waals surface area contributed by atoms with Crippen LogP contribution in [0.3, 0.4) is 0 Å². The number of esters is 1. The predicted molar refractivity (Wildman–Crippen MR) is 78.2 cm³/mol. The molecule has 3 rings (SSSR count). The molecule has 0 aromatic carbocycles. The second-order valence-corrected chi connectivity index (χ2v) is 7.63. The fourth-order valence-corrected chi connectivity index (χ4v) is 3.42. The average Bonchev–Trinajstić information content (AvgIpc) is 2.32. The molecule has 4 nitrogen and oxygen atoms in total. The maximum atomic E-state index is 12.6. The van der Waals surface area contributed by atoms with Crippen molar-refractivity contribution in [3.8, 4) is 0 Å². The van der Waals surface area contributed by atoms with Gasteiger partial charge in [0.15, 0.2) is 0 Å². The first-order valence-electron chi connectivity index (χ1n) is 7.76. The molecule has 1 aliphatic carbocycles. The lowest BCUT2D eigenvalue weighted by Gasteiger charge is -2.46. The maximum Gasteiger partial charge on any atom is 0.313 e. The van der Waals surface area contributed by atoms with Crippen molar-refractivity contribution < 1.29 is 14.3 Å². The highest BCUT2D eigenvalue weighted by atomic mass is 16.5. The van der Waals surface area contributed by atoms with Crippen molar-refractivity contribution in [3.63, 3.8) is 0 Å². The van der Waals surface area contributed by atoms with Crippen LogP contribution in [0.15, 0.2) is 0 Å². The van der Waals surface area contributed by atoms with Crippen molar-refractivity contribution in [1.29, 1.82) is 0 Å².